The molecular weight excluding hydrogens is 122 g/mol. The standard InChI is InChI=1S/C8H16.CHN/c1-8(2,3)7-5-4-6-7;1-2/h7H,4-6H2,1-3H3;1H. The fraction of sp³-hybridized carbons (Fsp3) is 0.889. The smallest absolute Gasteiger partial charge is 0.0462 e. The summed E-state index contributed by atoms with van der Waals surface area (Å²) < 4.78 is 0. The van der Waals surface area contributed by atoms with Gasteiger partial charge in [-0.3, -0.25) is 0 Å². The molecule has 1 saturated carbocycles. The van der Waals surface area contributed by atoms with Crippen LogP contribution >= 0.6 is 0 Å². The second-order valence-electron chi connectivity index (χ2n) is 3.99. The van der Waals surface area contributed by atoms with Crippen molar-refractivity contribution in [3.8, 4) is 6.57 Å². The average Bonchev–Trinajstić information content (AvgIpc) is 1.61. The zero-order chi connectivity index (χ0) is 8.20. The quantitative estimate of drug-likeness (QED) is 0.506. The summed E-state index contributed by atoms with van der Waals surface area (Å²) in [5.74, 6) is 1.03. The summed E-state index contributed by atoms with van der Waals surface area (Å²) in [7, 11) is 0. The van der Waals surface area contributed by atoms with Crippen LogP contribution < -0.4 is 0 Å². The zero-order valence-electron chi connectivity index (χ0n) is 7.22. The molecule has 0 saturated heterocycles. The van der Waals surface area contributed by atoms with Gasteiger partial charge in [-0.25, -0.2) is 5.26 Å². The third-order valence-electron chi connectivity index (χ3n) is 2.33. The van der Waals surface area contributed by atoms with Gasteiger partial charge in [-0.15, -0.1) is 0 Å². The van der Waals surface area contributed by atoms with Crippen LogP contribution in [0.3, 0.4) is 0 Å². The maximum atomic E-state index is 6.50. The molecule has 0 aromatic carbocycles. The molecule has 0 aromatic rings. The van der Waals surface area contributed by atoms with Gasteiger partial charge < -0.3 is 0 Å². The number of nitriles is 1. The van der Waals surface area contributed by atoms with Gasteiger partial charge in [0.2, 0.25) is 0 Å². The van der Waals surface area contributed by atoms with Crippen molar-refractivity contribution >= 4 is 0 Å². The number of rotatable bonds is 0. The van der Waals surface area contributed by atoms with Crippen LogP contribution in [0, 0.1) is 23.2 Å². The van der Waals surface area contributed by atoms with Crippen molar-refractivity contribution in [2.24, 2.45) is 11.3 Å². The Morgan fingerprint density at radius 1 is 1.20 bits per heavy atom. The predicted octanol–water partition coefficient (Wildman–Crippen LogP) is 2.97. The van der Waals surface area contributed by atoms with Gasteiger partial charge in [-0.05, 0) is 24.2 Å². The van der Waals surface area contributed by atoms with Crippen molar-refractivity contribution in [2.75, 3.05) is 0 Å². The molecule has 0 spiro atoms. The maximum absolute atomic E-state index is 6.50. The van der Waals surface area contributed by atoms with Crippen LogP contribution in [0.1, 0.15) is 40.0 Å². The van der Waals surface area contributed by atoms with Crippen molar-refractivity contribution in [3.63, 3.8) is 0 Å². The fourth-order valence-electron chi connectivity index (χ4n) is 1.27. The van der Waals surface area contributed by atoms with Gasteiger partial charge in [0, 0.05) is 6.57 Å². The van der Waals surface area contributed by atoms with E-state index in [1.807, 2.05) is 0 Å². The second kappa shape index (κ2) is 3.61. The van der Waals surface area contributed by atoms with E-state index < -0.39 is 0 Å². The topological polar surface area (TPSA) is 23.8 Å². The summed E-state index contributed by atoms with van der Waals surface area (Å²) in [4.78, 5) is 0. The zero-order valence-corrected chi connectivity index (χ0v) is 7.22. The fourth-order valence-corrected chi connectivity index (χ4v) is 1.27. The van der Waals surface area contributed by atoms with Gasteiger partial charge in [-0.2, -0.15) is 0 Å². The Balaban J connectivity index is 0.000000371. The van der Waals surface area contributed by atoms with E-state index in [4.69, 9.17) is 5.26 Å². The average molecular weight is 139 g/mol. The summed E-state index contributed by atoms with van der Waals surface area (Å²) in [6.07, 6.45) is 4.43. The highest BCUT2D eigenvalue weighted by Gasteiger charge is 2.29. The molecule has 1 nitrogen and oxygen atoms in total. The van der Waals surface area contributed by atoms with Crippen molar-refractivity contribution < 1.29 is 0 Å². The van der Waals surface area contributed by atoms with Crippen molar-refractivity contribution in [3.05, 3.63) is 0 Å². The monoisotopic (exact) mass is 139 g/mol. The van der Waals surface area contributed by atoms with Crippen LogP contribution in [0.4, 0.5) is 0 Å². The predicted molar refractivity (Wildman–Crippen MR) is 43.5 cm³/mol. The van der Waals surface area contributed by atoms with Gasteiger partial charge in [-0.1, -0.05) is 27.2 Å². The molecule has 0 amide bonds. The Labute approximate surface area is 64.1 Å². The Morgan fingerprint density at radius 2 is 1.60 bits per heavy atom. The van der Waals surface area contributed by atoms with Crippen LogP contribution in [-0.4, -0.2) is 0 Å². The molecule has 1 fully saturated rings. The summed E-state index contributed by atoms with van der Waals surface area (Å²) in [6, 6.07) is 0. The Hall–Kier alpha value is -0.510. The molecule has 0 radical (unpaired) electrons. The SMILES string of the molecule is C#N.CC(C)(C)C1CCC1. The van der Waals surface area contributed by atoms with E-state index in [9.17, 15) is 0 Å². The minimum atomic E-state index is 0.595. The molecule has 1 rings (SSSR count). The van der Waals surface area contributed by atoms with E-state index in [0.29, 0.717) is 5.41 Å². The number of hydrogen-bond donors (Lipinski definition) is 0. The van der Waals surface area contributed by atoms with Crippen molar-refractivity contribution in [2.45, 2.75) is 40.0 Å². The molecule has 0 atom stereocenters. The van der Waals surface area contributed by atoms with Crippen LogP contribution in [0.25, 0.3) is 0 Å². The highest BCUT2D eigenvalue weighted by molar-refractivity contribution is 4.80. The second-order valence-corrected chi connectivity index (χ2v) is 3.99. The van der Waals surface area contributed by atoms with E-state index in [1.54, 1.807) is 0 Å². The minimum absolute atomic E-state index is 0.595. The summed E-state index contributed by atoms with van der Waals surface area (Å²) in [6.45, 7) is 10.5. The molecule has 1 heteroatoms. The Kier molecular flexibility index (Phi) is 3.42. The lowest BCUT2D eigenvalue weighted by atomic mass is 9.69. The third kappa shape index (κ3) is 2.39. The molecule has 0 aromatic heterocycles. The van der Waals surface area contributed by atoms with E-state index in [0.717, 1.165) is 5.92 Å². The van der Waals surface area contributed by atoms with E-state index in [1.165, 1.54) is 19.3 Å². The molecule has 10 heavy (non-hydrogen) atoms. The molecule has 58 valence electrons. The Morgan fingerprint density at radius 3 is 1.60 bits per heavy atom. The largest absolute Gasteiger partial charge is 0.202 e. The Bertz CT molecular complexity index is 104. The third-order valence-corrected chi connectivity index (χ3v) is 2.33. The van der Waals surface area contributed by atoms with Crippen LogP contribution in [0.15, 0.2) is 0 Å². The van der Waals surface area contributed by atoms with E-state index >= 15 is 0 Å². The number of hydrogen-bond acceptors (Lipinski definition) is 1. The molecule has 1 aliphatic rings. The van der Waals surface area contributed by atoms with Gasteiger partial charge in [0.15, 0.2) is 0 Å². The molecule has 0 bridgehead atoms. The molecule has 0 unspecified atom stereocenters. The van der Waals surface area contributed by atoms with Crippen LogP contribution in [0.2, 0.25) is 0 Å². The van der Waals surface area contributed by atoms with E-state index in [-0.39, 0.29) is 0 Å². The lowest BCUT2D eigenvalue weighted by Crippen LogP contribution is -2.26. The highest BCUT2D eigenvalue weighted by Crippen LogP contribution is 2.40. The molecule has 0 N–H and O–H groups in total. The highest BCUT2D eigenvalue weighted by atomic mass is 14.3. The summed E-state index contributed by atoms with van der Waals surface area (Å²) >= 11 is 0. The molecule has 0 aliphatic heterocycles. The van der Waals surface area contributed by atoms with Gasteiger partial charge in [0.25, 0.3) is 0 Å². The van der Waals surface area contributed by atoms with Gasteiger partial charge in [0.05, 0.1) is 0 Å². The minimum Gasteiger partial charge on any atom is -0.202 e. The van der Waals surface area contributed by atoms with Crippen molar-refractivity contribution in [1.29, 1.82) is 5.26 Å². The summed E-state index contributed by atoms with van der Waals surface area (Å²) in [5.41, 5.74) is 0.595. The summed E-state index contributed by atoms with van der Waals surface area (Å²) in [5, 5.41) is 6.50. The first-order valence-corrected chi connectivity index (χ1v) is 3.86. The molecule has 1 aliphatic carbocycles. The normalized spacial score (nSPS) is 18.5. The maximum Gasteiger partial charge on any atom is 0.0462 e. The lowest BCUT2D eigenvalue weighted by molar-refractivity contribution is 0.141. The molecular formula is C9H17N. The lowest BCUT2D eigenvalue weighted by Gasteiger charge is -2.37. The van der Waals surface area contributed by atoms with E-state index in [2.05, 4.69) is 27.3 Å². The first kappa shape index (κ1) is 9.49. The number of nitrogens with zero attached hydrogens (tertiary/aromatic N) is 1. The van der Waals surface area contributed by atoms with Gasteiger partial charge in [0.1, 0.15) is 0 Å². The first-order chi connectivity index (χ1) is 4.61. The molecule has 0 heterocycles. The van der Waals surface area contributed by atoms with Crippen LogP contribution in [-0.2, 0) is 0 Å². The van der Waals surface area contributed by atoms with Crippen LogP contribution in [0.5, 0.6) is 0 Å². The first-order valence-electron chi connectivity index (χ1n) is 3.86. The van der Waals surface area contributed by atoms with Gasteiger partial charge >= 0.3 is 0 Å². The van der Waals surface area contributed by atoms with Crippen molar-refractivity contribution in [1.82, 2.24) is 0 Å².